The van der Waals surface area contributed by atoms with Crippen molar-refractivity contribution in [2.75, 3.05) is 37.8 Å². The number of fused-ring (bicyclic) bond motifs is 1. The predicted octanol–water partition coefficient (Wildman–Crippen LogP) is 3.04. The highest BCUT2D eigenvalue weighted by molar-refractivity contribution is 6.28. The minimum atomic E-state index is -2.84. The number of benzene rings is 1. The van der Waals surface area contributed by atoms with Gasteiger partial charge in [0.25, 0.3) is 6.43 Å². The number of para-hydroxylation sites is 1. The molecule has 1 aromatic carbocycles. The number of aromatic nitrogens is 5. The van der Waals surface area contributed by atoms with Crippen molar-refractivity contribution in [2.45, 2.75) is 13.3 Å². The van der Waals surface area contributed by atoms with Crippen molar-refractivity contribution >= 4 is 28.6 Å². The van der Waals surface area contributed by atoms with Gasteiger partial charge in [-0.25, -0.2) is 13.8 Å². The number of alkyl halides is 2. The van der Waals surface area contributed by atoms with Gasteiger partial charge in [0, 0.05) is 13.1 Å². The van der Waals surface area contributed by atoms with Crippen LogP contribution < -0.4 is 9.64 Å². The van der Waals surface area contributed by atoms with E-state index in [9.17, 15) is 8.78 Å². The number of ether oxygens (including phenoxy) is 2. The van der Waals surface area contributed by atoms with E-state index in [1.807, 2.05) is 11.8 Å². The first-order valence-corrected chi connectivity index (χ1v) is 9.13. The van der Waals surface area contributed by atoms with E-state index in [-0.39, 0.29) is 11.2 Å². The Labute approximate surface area is 164 Å². The molecular weight excluding hydrogens is 394 g/mol. The maximum atomic E-state index is 13.8. The molecule has 2 aromatic heterocycles. The molecule has 148 valence electrons. The van der Waals surface area contributed by atoms with Crippen molar-refractivity contribution in [3.8, 4) is 11.7 Å². The Bertz CT molecular complexity index is 993. The average Bonchev–Trinajstić information content (AvgIpc) is 3.09. The van der Waals surface area contributed by atoms with E-state index in [0.29, 0.717) is 55.6 Å². The third-order valence-electron chi connectivity index (χ3n) is 4.25. The molecule has 0 atom stereocenters. The van der Waals surface area contributed by atoms with Crippen molar-refractivity contribution in [2.24, 2.45) is 0 Å². The van der Waals surface area contributed by atoms with Crippen LogP contribution in [0.3, 0.4) is 0 Å². The Kier molecular flexibility index (Phi) is 5.23. The molecule has 0 aliphatic carbocycles. The first-order valence-electron chi connectivity index (χ1n) is 8.75. The fraction of sp³-hybridized carbons (Fsp3) is 0.412. The number of imidazole rings is 1. The number of morpholine rings is 1. The van der Waals surface area contributed by atoms with Gasteiger partial charge in [-0.05, 0) is 30.7 Å². The number of hydrogen-bond donors (Lipinski definition) is 0. The van der Waals surface area contributed by atoms with Crippen molar-refractivity contribution in [1.82, 2.24) is 24.5 Å². The minimum absolute atomic E-state index is 0.0204. The van der Waals surface area contributed by atoms with Crippen LogP contribution in [0.2, 0.25) is 5.28 Å². The summed E-state index contributed by atoms with van der Waals surface area (Å²) < 4.78 is 39.6. The molecule has 1 aliphatic rings. The molecule has 0 unspecified atom stereocenters. The zero-order valence-electron chi connectivity index (χ0n) is 15.0. The summed E-state index contributed by atoms with van der Waals surface area (Å²) in [5, 5.41) is -0.0884. The lowest BCUT2D eigenvalue weighted by Crippen LogP contribution is -2.37. The molecule has 0 radical (unpaired) electrons. The first kappa shape index (κ1) is 18.8. The molecule has 11 heteroatoms. The molecule has 4 rings (SSSR count). The molecule has 1 saturated heterocycles. The van der Waals surface area contributed by atoms with Crippen molar-refractivity contribution in [1.29, 1.82) is 0 Å². The van der Waals surface area contributed by atoms with Gasteiger partial charge in [0.1, 0.15) is 11.3 Å². The summed E-state index contributed by atoms with van der Waals surface area (Å²) in [5.74, 6) is 0.209. The SMILES string of the molecule is CCOc1cccc2c1nc(C(F)F)n2-c1nc(Cl)nc(N2CCOCC2)n1. The number of halogens is 3. The molecule has 0 N–H and O–H groups in total. The van der Waals surface area contributed by atoms with Gasteiger partial charge in [-0.2, -0.15) is 15.0 Å². The number of hydrogen-bond acceptors (Lipinski definition) is 7. The molecule has 0 bridgehead atoms. The van der Waals surface area contributed by atoms with E-state index >= 15 is 0 Å². The van der Waals surface area contributed by atoms with Crippen LogP contribution in [0.15, 0.2) is 18.2 Å². The predicted molar refractivity (Wildman–Crippen MR) is 98.6 cm³/mol. The van der Waals surface area contributed by atoms with E-state index in [2.05, 4.69) is 19.9 Å². The van der Waals surface area contributed by atoms with E-state index in [0.717, 1.165) is 0 Å². The molecule has 8 nitrogen and oxygen atoms in total. The topological polar surface area (TPSA) is 78.2 Å². The quantitative estimate of drug-likeness (QED) is 0.639. The summed E-state index contributed by atoms with van der Waals surface area (Å²) in [7, 11) is 0. The Morgan fingerprint density at radius 1 is 1.14 bits per heavy atom. The van der Waals surface area contributed by atoms with E-state index in [4.69, 9.17) is 21.1 Å². The van der Waals surface area contributed by atoms with Crippen LogP contribution in [0, 0.1) is 0 Å². The molecule has 28 heavy (non-hydrogen) atoms. The average molecular weight is 411 g/mol. The monoisotopic (exact) mass is 410 g/mol. The normalized spacial score (nSPS) is 14.8. The number of nitrogens with zero attached hydrogens (tertiary/aromatic N) is 6. The molecule has 1 fully saturated rings. The zero-order valence-corrected chi connectivity index (χ0v) is 15.7. The van der Waals surface area contributed by atoms with Gasteiger partial charge in [-0.15, -0.1) is 0 Å². The van der Waals surface area contributed by atoms with Crippen LogP contribution in [0.1, 0.15) is 19.2 Å². The Morgan fingerprint density at radius 3 is 2.61 bits per heavy atom. The molecular formula is C17H17ClF2N6O2. The third-order valence-corrected chi connectivity index (χ3v) is 4.42. The summed E-state index contributed by atoms with van der Waals surface area (Å²) in [6, 6.07) is 5.03. The van der Waals surface area contributed by atoms with Crippen LogP contribution in [0.5, 0.6) is 5.75 Å². The molecule has 1 aliphatic heterocycles. The van der Waals surface area contributed by atoms with Crippen LogP contribution >= 0.6 is 11.6 Å². The second-order valence-electron chi connectivity index (χ2n) is 5.97. The summed E-state index contributed by atoms with van der Waals surface area (Å²) >= 11 is 6.08. The van der Waals surface area contributed by atoms with Gasteiger partial charge < -0.3 is 14.4 Å². The summed E-state index contributed by atoms with van der Waals surface area (Å²) in [6.07, 6.45) is -2.84. The minimum Gasteiger partial charge on any atom is -0.492 e. The Balaban J connectivity index is 1.89. The van der Waals surface area contributed by atoms with Crippen LogP contribution in [-0.4, -0.2) is 57.4 Å². The lowest BCUT2D eigenvalue weighted by atomic mass is 10.3. The molecule has 0 spiro atoms. The highest BCUT2D eigenvalue weighted by Crippen LogP contribution is 2.32. The largest absolute Gasteiger partial charge is 0.492 e. The van der Waals surface area contributed by atoms with Gasteiger partial charge in [0.2, 0.25) is 17.2 Å². The maximum Gasteiger partial charge on any atom is 0.296 e. The first-order chi connectivity index (χ1) is 13.6. The Morgan fingerprint density at radius 2 is 1.89 bits per heavy atom. The maximum absolute atomic E-state index is 13.8. The van der Waals surface area contributed by atoms with Gasteiger partial charge in [0.05, 0.1) is 25.3 Å². The van der Waals surface area contributed by atoms with E-state index in [1.54, 1.807) is 18.2 Å². The van der Waals surface area contributed by atoms with E-state index < -0.39 is 12.2 Å². The van der Waals surface area contributed by atoms with Gasteiger partial charge >= 0.3 is 0 Å². The second-order valence-corrected chi connectivity index (χ2v) is 6.30. The van der Waals surface area contributed by atoms with Gasteiger partial charge in [-0.1, -0.05) is 6.07 Å². The fourth-order valence-electron chi connectivity index (χ4n) is 3.05. The van der Waals surface area contributed by atoms with Gasteiger partial charge in [0.15, 0.2) is 5.82 Å². The summed E-state index contributed by atoms with van der Waals surface area (Å²) in [5.41, 5.74) is 0.709. The number of rotatable bonds is 5. The molecule has 0 saturated carbocycles. The van der Waals surface area contributed by atoms with Gasteiger partial charge in [-0.3, -0.25) is 4.57 Å². The standard InChI is InChI=1S/C17H17ClF2N6O2/c1-2-28-11-5-3-4-10-12(11)21-14(13(19)20)26(10)17-23-15(18)22-16(24-17)25-6-8-27-9-7-25/h3-5,13H,2,6-9H2,1H3. The number of anilines is 1. The summed E-state index contributed by atoms with van der Waals surface area (Å²) in [6.45, 7) is 4.37. The Hall–Kier alpha value is -2.59. The van der Waals surface area contributed by atoms with Crippen molar-refractivity contribution in [3.63, 3.8) is 0 Å². The van der Waals surface area contributed by atoms with Crippen molar-refractivity contribution < 1.29 is 18.3 Å². The van der Waals surface area contributed by atoms with Crippen LogP contribution in [-0.2, 0) is 4.74 Å². The second kappa shape index (κ2) is 7.80. The van der Waals surface area contributed by atoms with Crippen LogP contribution in [0.25, 0.3) is 17.0 Å². The molecule has 0 amide bonds. The lowest BCUT2D eigenvalue weighted by Gasteiger charge is -2.26. The summed E-state index contributed by atoms with van der Waals surface area (Å²) in [4.78, 5) is 18.6. The molecule has 3 heterocycles. The smallest absolute Gasteiger partial charge is 0.296 e. The highest BCUT2D eigenvalue weighted by atomic mass is 35.5. The zero-order chi connectivity index (χ0) is 19.7. The molecule has 3 aromatic rings. The van der Waals surface area contributed by atoms with Crippen LogP contribution in [0.4, 0.5) is 14.7 Å². The lowest BCUT2D eigenvalue weighted by molar-refractivity contribution is 0.122. The van der Waals surface area contributed by atoms with Crippen molar-refractivity contribution in [3.05, 3.63) is 29.3 Å². The fourth-order valence-corrected chi connectivity index (χ4v) is 3.21. The highest BCUT2D eigenvalue weighted by Gasteiger charge is 2.25. The van der Waals surface area contributed by atoms with E-state index in [1.165, 1.54) is 4.57 Å². The third kappa shape index (κ3) is 3.45.